The van der Waals surface area contributed by atoms with Crippen molar-refractivity contribution in [1.29, 1.82) is 0 Å². The molecule has 2 atom stereocenters. The Hall–Kier alpha value is -1.47. The molecule has 2 unspecified atom stereocenters. The fourth-order valence-electron chi connectivity index (χ4n) is 2.78. The van der Waals surface area contributed by atoms with E-state index in [9.17, 15) is 22.7 Å². The van der Waals surface area contributed by atoms with Crippen molar-refractivity contribution in [2.45, 2.75) is 44.0 Å². The van der Waals surface area contributed by atoms with Crippen LogP contribution in [-0.4, -0.2) is 25.5 Å². The number of aliphatic carboxylic acids is 1. The molecule has 1 aliphatic carbocycles. The first-order chi connectivity index (χ1) is 9.67. The summed E-state index contributed by atoms with van der Waals surface area (Å²) in [6, 6.07) is 2.75. The lowest BCUT2D eigenvalue weighted by Gasteiger charge is -2.27. The number of carboxylic acid groups (broad SMARTS) is 1. The van der Waals surface area contributed by atoms with Crippen LogP contribution in [0.15, 0.2) is 23.1 Å². The first-order valence-electron chi connectivity index (χ1n) is 6.69. The van der Waals surface area contributed by atoms with Crippen LogP contribution in [0.4, 0.5) is 4.39 Å². The van der Waals surface area contributed by atoms with Crippen LogP contribution in [0.25, 0.3) is 0 Å². The predicted molar refractivity (Wildman–Crippen MR) is 74.8 cm³/mol. The number of carbonyl (C=O) groups is 1. The van der Waals surface area contributed by atoms with Gasteiger partial charge in [0.25, 0.3) is 0 Å². The average molecular weight is 315 g/mol. The van der Waals surface area contributed by atoms with E-state index in [-0.39, 0.29) is 10.5 Å². The first kappa shape index (κ1) is 15.9. The first-order valence-corrected chi connectivity index (χ1v) is 8.17. The monoisotopic (exact) mass is 315 g/mol. The summed E-state index contributed by atoms with van der Waals surface area (Å²) in [6.07, 6.45) is 1.55. The zero-order valence-electron chi connectivity index (χ0n) is 11.9. The summed E-state index contributed by atoms with van der Waals surface area (Å²) in [6.45, 7) is 3.05. The molecule has 1 aromatic rings. The van der Waals surface area contributed by atoms with Crippen molar-refractivity contribution in [3.8, 4) is 0 Å². The van der Waals surface area contributed by atoms with E-state index in [4.69, 9.17) is 0 Å². The number of carboxylic acids is 1. The fraction of sp³-hybridized carbons (Fsp3) is 0.500. The van der Waals surface area contributed by atoms with Gasteiger partial charge < -0.3 is 5.11 Å². The molecular formula is C14H18FNO4S. The highest BCUT2D eigenvalue weighted by molar-refractivity contribution is 7.89. The quantitative estimate of drug-likeness (QED) is 0.891. The minimum atomic E-state index is -3.88. The summed E-state index contributed by atoms with van der Waals surface area (Å²) in [7, 11) is -3.88. The minimum Gasteiger partial charge on any atom is -0.481 e. The van der Waals surface area contributed by atoms with Crippen molar-refractivity contribution in [2.75, 3.05) is 0 Å². The Morgan fingerprint density at radius 1 is 1.48 bits per heavy atom. The third-order valence-electron chi connectivity index (χ3n) is 4.17. The molecule has 2 N–H and O–H groups in total. The molecule has 2 rings (SSSR count). The highest BCUT2D eigenvalue weighted by atomic mass is 32.2. The molecular weight excluding hydrogens is 297 g/mol. The van der Waals surface area contributed by atoms with Gasteiger partial charge in [-0.1, -0.05) is 6.42 Å². The summed E-state index contributed by atoms with van der Waals surface area (Å²) in [5, 5.41) is 9.32. The van der Waals surface area contributed by atoms with Gasteiger partial charge in [-0.3, -0.25) is 4.79 Å². The zero-order valence-corrected chi connectivity index (χ0v) is 12.7. The summed E-state index contributed by atoms with van der Waals surface area (Å²) < 4.78 is 40.4. The Morgan fingerprint density at radius 3 is 2.71 bits per heavy atom. The summed E-state index contributed by atoms with van der Waals surface area (Å²) in [5.74, 6) is -1.52. The molecule has 0 radical (unpaired) electrons. The van der Waals surface area contributed by atoms with Gasteiger partial charge in [0.2, 0.25) is 10.0 Å². The molecule has 0 spiro atoms. The normalized spacial score (nSPS) is 26.0. The van der Waals surface area contributed by atoms with E-state index in [2.05, 4.69) is 4.72 Å². The van der Waals surface area contributed by atoms with E-state index in [1.165, 1.54) is 13.0 Å². The lowest BCUT2D eigenvalue weighted by molar-refractivity contribution is -0.148. The topological polar surface area (TPSA) is 83.5 Å². The molecule has 116 valence electrons. The molecule has 0 saturated heterocycles. The number of rotatable bonds is 4. The minimum absolute atomic E-state index is 0.0245. The second-order valence-corrected chi connectivity index (χ2v) is 7.38. The lowest BCUT2D eigenvalue weighted by atomic mass is 9.85. The van der Waals surface area contributed by atoms with Crippen LogP contribution in [0.3, 0.4) is 0 Å². The summed E-state index contributed by atoms with van der Waals surface area (Å²) >= 11 is 0. The van der Waals surface area contributed by atoms with E-state index in [1.807, 2.05) is 0 Å². The van der Waals surface area contributed by atoms with Crippen LogP contribution < -0.4 is 4.72 Å². The van der Waals surface area contributed by atoms with Gasteiger partial charge in [0.05, 0.1) is 10.3 Å². The number of halogens is 1. The fourth-order valence-corrected chi connectivity index (χ4v) is 4.39. The molecule has 7 heteroatoms. The maximum Gasteiger partial charge on any atom is 0.310 e. The van der Waals surface area contributed by atoms with Crippen molar-refractivity contribution in [3.63, 3.8) is 0 Å². The van der Waals surface area contributed by atoms with Gasteiger partial charge in [-0.15, -0.1) is 0 Å². The Morgan fingerprint density at radius 2 is 2.14 bits per heavy atom. The maximum atomic E-state index is 13.1. The third-order valence-corrected chi connectivity index (χ3v) is 5.80. The van der Waals surface area contributed by atoms with E-state index >= 15 is 0 Å². The number of hydrogen-bond donors (Lipinski definition) is 2. The molecule has 0 aromatic heterocycles. The molecule has 5 nitrogen and oxygen atoms in total. The molecule has 1 aromatic carbocycles. The molecule has 0 bridgehead atoms. The SMILES string of the molecule is Cc1cc(F)ccc1S(=O)(=O)NC1CCCC1(C)C(=O)O. The Balaban J connectivity index is 2.31. The van der Waals surface area contributed by atoms with Gasteiger partial charge in [0.1, 0.15) is 5.82 Å². The van der Waals surface area contributed by atoms with E-state index in [0.29, 0.717) is 19.3 Å². The Kier molecular flexibility index (Phi) is 4.08. The van der Waals surface area contributed by atoms with Crippen LogP contribution in [0, 0.1) is 18.2 Å². The molecule has 0 amide bonds. The van der Waals surface area contributed by atoms with E-state index in [1.54, 1.807) is 6.92 Å². The van der Waals surface area contributed by atoms with Crippen molar-refractivity contribution in [3.05, 3.63) is 29.6 Å². The number of sulfonamides is 1. The highest BCUT2D eigenvalue weighted by Crippen LogP contribution is 2.39. The molecule has 1 aliphatic rings. The number of hydrogen-bond acceptors (Lipinski definition) is 3. The van der Waals surface area contributed by atoms with Gasteiger partial charge in [-0.2, -0.15) is 0 Å². The van der Waals surface area contributed by atoms with Gasteiger partial charge >= 0.3 is 5.97 Å². The van der Waals surface area contributed by atoms with Crippen molar-refractivity contribution >= 4 is 16.0 Å². The number of aryl methyl sites for hydroxylation is 1. The summed E-state index contributed by atoms with van der Waals surface area (Å²) in [4.78, 5) is 11.4. The van der Waals surface area contributed by atoms with Crippen LogP contribution >= 0.6 is 0 Å². The predicted octanol–water partition coefficient (Wildman–Crippen LogP) is 2.06. The van der Waals surface area contributed by atoms with Crippen LogP contribution in [0.1, 0.15) is 31.7 Å². The van der Waals surface area contributed by atoms with E-state index < -0.39 is 33.3 Å². The van der Waals surface area contributed by atoms with Gasteiger partial charge in [-0.05, 0) is 50.5 Å². The van der Waals surface area contributed by atoms with Gasteiger partial charge in [-0.25, -0.2) is 17.5 Å². The molecule has 1 fully saturated rings. The van der Waals surface area contributed by atoms with Gasteiger partial charge in [0.15, 0.2) is 0 Å². The standard InChI is InChI=1S/C14H18FNO4S/c1-9-8-10(15)5-6-11(9)21(19,20)16-12-4-3-7-14(12,2)13(17)18/h5-6,8,12,16H,3-4,7H2,1-2H3,(H,17,18). The molecule has 21 heavy (non-hydrogen) atoms. The third kappa shape index (κ3) is 2.94. The highest BCUT2D eigenvalue weighted by Gasteiger charge is 2.47. The largest absolute Gasteiger partial charge is 0.481 e. The smallest absolute Gasteiger partial charge is 0.310 e. The number of benzene rings is 1. The molecule has 0 heterocycles. The molecule has 0 aliphatic heterocycles. The van der Waals surface area contributed by atoms with E-state index in [0.717, 1.165) is 12.1 Å². The number of nitrogens with one attached hydrogen (secondary N) is 1. The van der Waals surface area contributed by atoms with Crippen molar-refractivity contribution in [2.24, 2.45) is 5.41 Å². The Bertz CT molecular complexity index is 674. The van der Waals surface area contributed by atoms with Gasteiger partial charge in [0, 0.05) is 6.04 Å². The zero-order chi connectivity index (χ0) is 15.8. The summed E-state index contributed by atoms with van der Waals surface area (Å²) in [5.41, 5.74) is -0.821. The van der Waals surface area contributed by atoms with Crippen molar-refractivity contribution < 1.29 is 22.7 Å². The Labute approximate surface area is 123 Å². The molecule has 1 saturated carbocycles. The van der Waals surface area contributed by atoms with Crippen LogP contribution in [0.5, 0.6) is 0 Å². The second kappa shape index (κ2) is 5.38. The lowest BCUT2D eigenvalue weighted by Crippen LogP contribution is -2.47. The second-order valence-electron chi connectivity index (χ2n) is 5.70. The van der Waals surface area contributed by atoms with Crippen molar-refractivity contribution in [1.82, 2.24) is 4.72 Å². The van der Waals surface area contributed by atoms with Crippen LogP contribution in [0.2, 0.25) is 0 Å². The van der Waals surface area contributed by atoms with Crippen LogP contribution in [-0.2, 0) is 14.8 Å². The average Bonchev–Trinajstić information content (AvgIpc) is 2.71. The maximum absolute atomic E-state index is 13.1.